The monoisotopic (exact) mass is 112 g/mol. The number of piperidine rings is 1. The average Bonchev–Trinajstić information content (AvgIpc) is 2.22. The van der Waals surface area contributed by atoms with Gasteiger partial charge in [0.25, 0.3) is 0 Å². The van der Waals surface area contributed by atoms with E-state index in [9.17, 15) is 0 Å². The molecule has 0 radical (unpaired) electrons. The molecular weight excluding hydrogens is 100 g/mol. The lowest BCUT2D eigenvalue weighted by atomic mass is 10.3. The fourth-order valence-corrected chi connectivity index (χ4v) is 1.90. The molecule has 2 aliphatic rings. The topological polar surface area (TPSA) is 38.0 Å². The van der Waals surface area contributed by atoms with Crippen molar-refractivity contribution in [1.29, 1.82) is 0 Å². The maximum atomic E-state index is 5.50. The first-order chi connectivity index (χ1) is 3.93. The van der Waals surface area contributed by atoms with Gasteiger partial charge in [-0.05, 0) is 37.4 Å². The molecule has 2 heteroatoms. The molecule has 0 unspecified atom stereocenters. The van der Waals surface area contributed by atoms with Crippen LogP contribution in [0.1, 0.15) is 0 Å². The van der Waals surface area contributed by atoms with Gasteiger partial charge >= 0.3 is 0 Å². The first-order valence-electron chi connectivity index (χ1n) is 3.34. The van der Waals surface area contributed by atoms with Gasteiger partial charge in [0.2, 0.25) is 0 Å². The van der Waals surface area contributed by atoms with Gasteiger partial charge in [-0.3, -0.25) is 0 Å². The molecule has 46 valence electrons. The van der Waals surface area contributed by atoms with Crippen LogP contribution < -0.4 is 11.1 Å². The van der Waals surface area contributed by atoms with Crippen LogP contribution in [-0.4, -0.2) is 19.6 Å². The van der Waals surface area contributed by atoms with E-state index >= 15 is 0 Å². The van der Waals surface area contributed by atoms with Gasteiger partial charge in [-0.2, -0.15) is 0 Å². The SMILES string of the molecule is NC[C@@H]1[C@H]2CNC[C@@H]12. The molecule has 0 aromatic heterocycles. The summed E-state index contributed by atoms with van der Waals surface area (Å²) in [6.45, 7) is 3.37. The van der Waals surface area contributed by atoms with Crippen molar-refractivity contribution in [2.75, 3.05) is 19.6 Å². The van der Waals surface area contributed by atoms with E-state index in [0.29, 0.717) is 0 Å². The minimum absolute atomic E-state index is 0.885. The lowest BCUT2D eigenvalue weighted by Gasteiger charge is -1.97. The largest absolute Gasteiger partial charge is 0.330 e. The van der Waals surface area contributed by atoms with Crippen LogP contribution in [0.4, 0.5) is 0 Å². The Morgan fingerprint density at radius 1 is 1.38 bits per heavy atom. The number of rotatable bonds is 1. The zero-order valence-corrected chi connectivity index (χ0v) is 4.93. The van der Waals surface area contributed by atoms with Crippen LogP contribution in [0, 0.1) is 17.8 Å². The van der Waals surface area contributed by atoms with E-state index in [1.165, 1.54) is 13.1 Å². The van der Waals surface area contributed by atoms with Crippen molar-refractivity contribution in [2.45, 2.75) is 0 Å². The molecule has 2 rings (SSSR count). The van der Waals surface area contributed by atoms with E-state index in [-0.39, 0.29) is 0 Å². The summed E-state index contributed by atoms with van der Waals surface area (Å²) in [4.78, 5) is 0. The summed E-state index contributed by atoms with van der Waals surface area (Å²) in [6.07, 6.45) is 0. The Kier molecular flexibility index (Phi) is 0.866. The molecule has 8 heavy (non-hydrogen) atoms. The molecule has 1 aliphatic heterocycles. The molecular formula is C6H12N2. The summed E-state index contributed by atoms with van der Waals surface area (Å²) in [5, 5.41) is 3.33. The predicted molar refractivity (Wildman–Crippen MR) is 32.4 cm³/mol. The Balaban J connectivity index is 1.94. The highest BCUT2D eigenvalue weighted by atomic mass is 15.0. The number of hydrogen-bond donors (Lipinski definition) is 2. The molecule has 1 aliphatic carbocycles. The first-order valence-corrected chi connectivity index (χ1v) is 3.34. The van der Waals surface area contributed by atoms with Crippen molar-refractivity contribution in [3.05, 3.63) is 0 Å². The lowest BCUT2D eigenvalue weighted by Crippen LogP contribution is -2.18. The Hall–Kier alpha value is -0.0800. The molecule has 0 amide bonds. The quantitative estimate of drug-likeness (QED) is 0.476. The number of nitrogens with one attached hydrogen (secondary N) is 1. The normalized spacial score (nSPS) is 51.4. The Bertz CT molecular complexity index is 85.9. The van der Waals surface area contributed by atoms with Crippen LogP contribution in [-0.2, 0) is 0 Å². The van der Waals surface area contributed by atoms with E-state index < -0.39 is 0 Å². The summed E-state index contributed by atoms with van der Waals surface area (Å²) in [6, 6.07) is 0. The highest BCUT2D eigenvalue weighted by molar-refractivity contribution is 5.03. The van der Waals surface area contributed by atoms with Crippen LogP contribution in [0.3, 0.4) is 0 Å². The van der Waals surface area contributed by atoms with Gasteiger partial charge in [0.1, 0.15) is 0 Å². The third-order valence-electron chi connectivity index (χ3n) is 2.54. The summed E-state index contributed by atoms with van der Waals surface area (Å²) in [5.74, 6) is 2.80. The highest BCUT2D eigenvalue weighted by Crippen LogP contribution is 2.47. The molecule has 3 N–H and O–H groups in total. The second-order valence-corrected chi connectivity index (χ2v) is 2.89. The highest BCUT2D eigenvalue weighted by Gasteiger charge is 2.51. The van der Waals surface area contributed by atoms with Crippen molar-refractivity contribution >= 4 is 0 Å². The van der Waals surface area contributed by atoms with Crippen molar-refractivity contribution in [3.8, 4) is 0 Å². The van der Waals surface area contributed by atoms with Crippen LogP contribution >= 0.6 is 0 Å². The third-order valence-corrected chi connectivity index (χ3v) is 2.54. The van der Waals surface area contributed by atoms with Gasteiger partial charge in [0, 0.05) is 0 Å². The number of nitrogens with two attached hydrogens (primary N) is 1. The van der Waals surface area contributed by atoms with Crippen LogP contribution in [0.25, 0.3) is 0 Å². The second-order valence-electron chi connectivity index (χ2n) is 2.89. The average molecular weight is 112 g/mol. The standard InChI is InChI=1S/C6H12N2/c7-1-4-5-2-8-3-6(4)5/h4-6,8H,1-3,7H2/t4-,5-,6+. The first kappa shape index (κ1) is 4.77. The van der Waals surface area contributed by atoms with Crippen molar-refractivity contribution in [2.24, 2.45) is 23.5 Å². The smallest absolute Gasteiger partial charge is 0.00139 e. The lowest BCUT2D eigenvalue weighted by molar-refractivity contribution is 0.604. The summed E-state index contributed by atoms with van der Waals surface area (Å²) in [7, 11) is 0. The van der Waals surface area contributed by atoms with E-state index in [1.54, 1.807) is 0 Å². The minimum atomic E-state index is 0.885. The van der Waals surface area contributed by atoms with Gasteiger partial charge in [-0.1, -0.05) is 0 Å². The maximum Gasteiger partial charge on any atom is -0.00139 e. The molecule has 2 fully saturated rings. The Morgan fingerprint density at radius 3 is 2.38 bits per heavy atom. The Labute approximate surface area is 49.4 Å². The zero-order chi connectivity index (χ0) is 5.56. The van der Waals surface area contributed by atoms with Gasteiger partial charge in [0.15, 0.2) is 0 Å². The van der Waals surface area contributed by atoms with Gasteiger partial charge in [-0.15, -0.1) is 0 Å². The predicted octanol–water partition coefficient (Wildman–Crippen LogP) is -0.590. The van der Waals surface area contributed by atoms with E-state index in [4.69, 9.17) is 5.73 Å². The number of hydrogen-bond acceptors (Lipinski definition) is 2. The van der Waals surface area contributed by atoms with Crippen molar-refractivity contribution in [3.63, 3.8) is 0 Å². The van der Waals surface area contributed by atoms with E-state index in [0.717, 1.165) is 24.3 Å². The summed E-state index contributed by atoms with van der Waals surface area (Å²) >= 11 is 0. The fourth-order valence-electron chi connectivity index (χ4n) is 1.90. The van der Waals surface area contributed by atoms with Crippen LogP contribution in [0.15, 0.2) is 0 Å². The molecule has 0 aromatic rings. The molecule has 1 saturated heterocycles. The molecule has 3 atom stereocenters. The van der Waals surface area contributed by atoms with Crippen molar-refractivity contribution < 1.29 is 0 Å². The molecule has 0 spiro atoms. The molecule has 1 heterocycles. The Morgan fingerprint density at radius 2 is 2.00 bits per heavy atom. The third kappa shape index (κ3) is 0.446. The van der Waals surface area contributed by atoms with E-state index in [1.807, 2.05) is 0 Å². The fraction of sp³-hybridized carbons (Fsp3) is 1.00. The van der Waals surface area contributed by atoms with Gasteiger partial charge in [0.05, 0.1) is 0 Å². The molecule has 0 bridgehead atoms. The second kappa shape index (κ2) is 1.45. The molecule has 0 aromatic carbocycles. The summed E-state index contributed by atoms with van der Waals surface area (Å²) in [5.41, 5.74) is 5.50. The molecule has 2 nitrogen and oxygen atoms in total. The van der Waals surface area contributed by atoms with E-state index in [2.05, 4.69) is 5.32 Å². The van der Waals surface area contributed by atoms with Crippen LogP contribution in [0.5, 0.6) is 0 Å². The zero-order valence-electron chi connectivity index (χ0n) is 4.93. The van der Waals surface area contributed by atoms with Gasteiger partial charge in [-0.25, -0.2) is 0 Å². The van der Waals surface area contributed by atoms with Gasteiger partial charge < -0.3 is 11.1 Å². The van der Waals surface area contributed by atoms with Crippen molar-refractivity contribution in [1.82, 2.24) is 5.32 Å². The molecule has 1 saturated carbocycles. The minimum Gasteiger partial charge on any atom is -0.330 e. The number of fused-ring (bicyclic) bond motifs is 1. The maximum absolute atomic E-state index is 5.50. The summed E-state index contributed by atoms with van der Waals surface area (Å²) < 4.78 is 0. The van der Waals surface area contributed by atoms with Crippen LogP contribution in [0.2, 0.25) is 0 Å².